The van der Waals surface area contributed by atoms with Gasteiger partial charge in [-0.1, -0.05) is 37.3 Å². The fraction of sp³-hybridized carbons (Fsp3) is 0.409. The van der Waals surface area contributed by atoms with Crippen molar-refractivity contribution in [3.8, 4) is 0 Å². The zero-order valence-corrected chi connectivity index (χ0v) is 18.7. The lowest BCUT2D eigenvalue weighted by Gasteiger charge is -2.33. The Kier molecular flexibility index (Phi) is 6.64. The van der Waals surface area contributed by atoms with E-state index in [1.165, 1.54) is 23.8 Å². The first-order valence-electron chi connectivity index (χ1n) is 10.3. The molecule has 2 aromatic carbocycles. The van der Waals surface area contributed by atoms with E-state index in [1.807, 2.05) is 24.3 Å². The molecule has 0 radical (unpaired) electrons. The molecule has 1 N–H and O–H groups in total. The SMILES string of the molecule is CC[C@H](C(=O)N[C@@H]1CCCc2ccccc21)N(c1cc([N+](=O)[O-])ccc1C)S(C)(=O)=O. The molecule has 0 aliphatic heterocycles. The van der Waals surface area contributed by atoms with Crippen LogP contribution in [0.2, 0.25) is 0 Å². The maximum Gasteiger partial charge on any atom is 0.271 e. The van der Waals surface area contributed by atoms with E-state index in [0.717, 1.165) is 35.4 Å². The number of aryl methyl sites for hydroxylation is 2. The number of sulfonamides is 1. The number of nitro benzene ring substituents is 1. The molecule has 1 aliphatic rings. The van der Waals surface area contributed by atoms with Crippen LogP contribution in [0.3, 0.4) is 0 Å². The smallest absolute Gasteiger partial charge is 0.271 e. The largest absolute Gasteiger partial charge is 0.347 e. The molecule has 2 aromatic rings. The average molecular weight is 446 g/mol. The molecule has 0 heterocycles. The van der Waals surface area contributed by atoms with E-state index in [0.29, 0.717) is 5.56 Å². The predicted molar refractivity (Wildman–Crippen MR) is 119 cm³/mol. The van der Waals surface area contributed by atoms with E-state index in [1.54, 1.807) is 13.8 Å². The second-order valence-electron chi connectivity index (χ2n) is 7.86. The van der Waals surface area contributed by atoms with Crippen molar-refractivity contribution in [1.29, 1.82) is 0 Å². The molecule has 0 spiro atoms. The maximum absolute atomic E-state index is 13.3. The first-order chi connectivity index (χ1) is 14.6. The van der Waals surface area contributed by atoms with Gasteiger partial charge in [0.1, 0.15) is 6.04 Å². The highest BCUT2D eigenvalue weighted by atomic mass is 32.2. The van der Waals surface area contributed by atoms with Crippen LogP contribution in [-0.4, -0.2) is 31.5 Å². The molecule has 1 amide bonds. The van der Waals surface area contributed by atoms with Gasteiger partial charge in [0, 0.05) is 12.1 Å². The number of anilines is 1. The lowest BCUT2D eigenvalue weighted by Crippen LogP contribution is -2.50. The summed E-state index contributed by atoms with van der Waals surface area (Å²) in [4.78, 5) is 24.0. The van der Waals surface area contributed by atoms with Crippen molar-refractivity contribution in [2.45, 2.75) is 51.6 Å². The standard InChI is InChI=1S/C22H27N3O5S/c1-4-20(22(26)23-19-11-7-9-16-8-5-6-10-18(16)19)24(31(3,29)30)21-14-17(25(27)28)13-12-15(21)2/h5-6,8,10,12-14,19-20H,4,7,9,11H2,1-3H3,(H,23,26)/t19-,20-/m1/s1. The molecule has 0 aromatic heterocycles. The van der Waals surface area contributed by atoms with Crippen LogP contribution in [0.25, 0.3) is 0 Å². The molecule has 1 aliphatic carbocycles. The molecular weight excluding hydrogens is 418 g/mol. The Balaban J connectivity index is 1.97. The van der Waals surface area contributed by atoms with Gasteiger partial charge in [0.05, 0.1) is 22.9 Å². The highest BCUT2D eigenvalue weighted by molar-refractivity contribution is 7.92. The number of nitro groups is 1. The third-order valence-electron chi connectivity index (χ3n) is 5.66. The number of non-ortho nitro benzene ring substituents is 1. The summed E-state index contributed by atoms with van der Waals surface area (Å²) in [6.45, 7) is 3.39. The fourth-order valence-electron chi connectivity index (χ4n) is 4.16. The molecule has 0 fully saturated rings. The van der Waals surface area contributed by atoms with E-state index in [4.69, 9.17) is 0 Å². The predicted octanol–water partition coefficient (Wildman–Crippen LogP) is 3.64. The molecule has 2 atom stereocenters. The van der Waals surface area contributed by atoms with Gasteiger partial charge in [-0.15, -0.1) is 0 Å². The van der Waals surface area contributed by atoms with Crippen molar-refractivity contribution in [3.05, 3.63) is 69.3 Å². The quantitative estimate of drug-likeness (QED) is 0.517. The van der Waals surface area contributed by atoms with Gasteiger partial charge in [0.2, 0.25) is 15.9 Å². The van der Waals surface area contributed by atoms with E-state index in [9.17, 15) is 23.3 Å². The molecule has 31 heavy (non-hydrogen) atoms. The second-order valence-corrected chi connectivity index (χ2v) is 9.72. The number of rotatable bonds is 7. The van der Waals surface area contributed by atoms with Crippen molar-refractivity contribution >= 4 is 27.3 Å². The number of hydrogen-bond donors (Lipinski definition) is 1. The Hall–Kier alpha value is -2.94. The van der Waals surface area contributed by atoms with E-state index >= 15 is 0 Å². The number of nitrogens with zero attached hydrogens (tertiary/aromatic N) is 2. The van der Waals surface area contributed by atoms with Crippen LogP contribution >= 0.6 is 0 Å². The van der Waals surface area contributed by atoms with Crippen LogP contribution in [0.15, 0.2) is 42.5 Å². The molecule has 3 rings (SSSR count). The van der Waals surface area contributed by atoms with Crippen molar-refractivity contribution in [1.82, 2.24) is 5.32 Å². The van der Waals surface area contributed by atoms with Crippen molar-refractivity contribution in [2.24, 2.45) is 0 Å². The number of nitrogens with one attached hydrogen (secondary N) is 1. The Morgan fingerprint density at radius 1 is 1.29 bits per heavy atom. The van der Waals surface area contributed by atoms with Gasteiger partial charge in [0.15, 0.2) is 0 Å². The third kappa shape index (κ3) is 4.87. The van der Waals surface area contributed by atoms with Crippen LogP contribution in [0.4, 0.5) is 11.4 Å². The van der Waals surface area contributed by atoms with Crippen molar-refractivity contribution in [3.63, 3.8) is 0 Å². The van der Waals surface area contributed by atoms with Gasteiger partial charge in [-0.2, -0.15) is 0 Å². The van der Waals surface area contributed by atoms with Crippen LogP contribution in [0.5, 0.6) is 0 Å². The number of benzene rings is 2. The summed E-state index contributed by atoms with van der Waals surface area (Å²) in [5.41, 5.74) is 2.68. The monoisotopic (exact) mass is 445 g/mol. The summed E-state index contributed by atoms with van der Waals surface area (Å²) in [7, 11) is -3.89. The zero-order chi connectivity index (χ0) is 22.8. The lowest BCUT2D eigenvalue weighted by atomic mass is 9.87. The molecular formula is C22H27N3O5S. The molecule has 0 saturated heterocycles. The topological polar surface area (TPSA) is 110 Å². The molecule has 0 bridgehead atoms. The first kappa shape index (κ1) is 22.7. The Morgan fingerprint density at radius 2 is 2.00 bits per heavy atom. The van der Waals surface area contributed by atoms with Crippen LogP contribution in [0, 0.1) is 17.0 Å². The number of carbonyl (C=O) groups is 1. The van der Waals surface area contributed by atoms with Gasteiger partial charge < -0.3 is 5.32 Å². The maximum atomic E-state index is 13.3. The van der Waals surface area contributed by atoms with Crippen molar-refractivity contribution in [2.75, 3.05) is 10.6 Å². The molecule has 9 heteroatoms. The number of fused-ring (bicyclic) bond motifs is 1. The van der Waals surface area contributed by atoms with Gasteiger partial charge in [-0.3, -0.25) is 19.2 Å². The van der Waals surface area contributed by atoms with Gasteiger partial charge in [0.25, 0.3) is 5.69 Å². The summed E-state index contributed by atoms with van der Waals surface area (Å²) < 4.78 is 26.5. The minimum Gasteiger partial charge on any atom is -0.347 e. The van der Waals surface area contributed by atoms with Gasteiger partial charge in [-0.05, 0) is 49.3 Å². The highest BCUT2D eigenvalue weighted by Crippen LogP contribution is 2.32. The Bertz CT molecular complexity index is 1100. The van der Waals surface area contributed by atoms with Crippen LogP contribution < -0.4 is 9.62 Å². The molecule has 0 unspecified atom stereocenters. The fourth-order valence-corrected chi connectivity index (χ4v) is 5.42. The molecule has 0 saturated carbocycles. The number of amides is 1. The summed E-state index contributed by atoms with van der Waals surface area (Å²) in [5.74, 6) is -0.416. The Morgan fingerprint density at radius 3 is 2.65 bits per heavy atom. The minimum absolute atomic E-state index is 0.141. The van der Waals surface area contributed by atoms with Gasteiger partial charge >= 0.3 is 0 Å². The van der Waals surface area contributed by atoms with Crippen LogP contribution in [-0.2, 0) is 21.2 Å². The normalized spacial score (nSPS) is 16.8. The molecule has 8 nitrogen and oxygen atoms in total. The Labute approximate surface area is 182 Å². The zero-order valence-electron chi connectivity index (χ0n) is 17.9. The summed E-state index contributed by atoms with van der Waals surface area (Å²) in [6.07, 6.45) is 3.88. The van der Waals surface area contributed by atoms with E-state index in [-0.39, 0.29) is 23.8 Å². The summed E-state index contributed by atoms with van der Waals surface area (Å²) in [5, 5.41) is 14.3. The summed E-state index contributed by atoms with van der Waals surface area (Å²) in [6, 6.07) is 10.7. The van der Waals surface area contributed by atoms with E-state index < -0.39 is 26.9 Å². The summed E-state index contributed by atoms with van der Waals surface area (Å²) >= 11 is 0. The number of hydrogen-bond acceptors (Lipinski definition) is 5. The van der Waals surface area contributed by atoms with E-state index in [2.05, 4.69) is 5.32 Å². The minimum atomic E-state index is -3.89. The number of carbonyl (C=O) groups excluding carboxylic acids is 1. The average Bonchev–Trinajstić information content (AvgIpc) is 2.71. The second kappa shape index (κ2) is 9.05. The lowest BCUT2D eigenvalue weighted by molar-refractivity contribution is -0.384. The first-order valence-corrected chi connectivity index (χ1v) is 12.1. The highest BCUT2D eigenvalue weighted by Gasteiger charge is 2.35. The van der Waals surface area contributed by atoms with Crippen molar-refractivity contribution < 1.29 is 18.1 Å². The third-order valence-corrected chi connectivity index (χ3v) is 6.82. The van der Waals surface area contributed by atoms with Gasteiger partial charge in [-0.25, -0.2) is 8.42 Å². The van der Waals surface area contributed by atoms with Crippen LogP contribution in [0.1, 0.15) is 48.9 Å². The molecule has 166 valence electrons.